The summed E-state index contributed by atoms with van der Waals surface area (Å²) in [5.74, 6) is 1.20. The monoisotopic (exact) mass is 385 g/mol. The average molecular weight is 386 g/mol. The number of hydrogen-bond donors (Lipinski definition) is 1. The van der Waals surface area contributed by atoms with E-state index in [0.717, 1.165) is 23.4 Å². The van der Waals surface area contributed by atoms with E-state index in [9.17, 15) is 4.39 Å². The minimum Gasteiger partial charge on any atom is -0.457 e. The minimum atomic E-state index is -0.295. The van der Waals surface area contributed by atoms with Crippen molar-refractivity contribution < 1.29 is 9.13 Å². The Morgan fingerprint density at radius 2 is 1.59 bits per heavy atom. The van der Waals surface area contributed by atoms with Gasteiger partial charge in [0.05, 0.1) is 16.4 Å². The molecule has 1 atom stereocenters. The number of aromatic nitrogens is 2. The van der Waals surface area contributed by atoms with E-state index >= 15 is 0 Å². The second kappa shape index (κ2) is 8.35. The highest BCUT2D eigenvalue weighted by molar-refractivity contribution is 6.32. The highest BCUT2D eigenvalue weighted by Gasteiger charge is 2.20. The first-order valence-corrected chi connectivity index (χ1v) is 9.24. The molecule has 1 unspecified atom stereocenters. The van der Waals surface area contributed by atoms with Gasteiger partial charge in [0.15, 0.2) is 0 Å². The summed E-state index contributed by atoms with van der Waals surface area (Å²) in [4.78, 5) is 8.61. The van der Waals surface area contributed by atoms with E-state index in [-0.39, 0.29) is 17.7 Å². The van der Waals surface area contributed by atoms with E-state index < -0.39 is 0 Å². The molecule has 0 saturated carbocycles. The molecule has 2 N–H and O–H groups in total. The lowest BCUT2D eigenvalue weighted by atomic mass is 9.92. The van der Waals surface area contributed by atoms with Crippen LogP contribution in [0.15, 0.2) is 48.5 Å². The first-order chi connectivity index (χ1) is 13.0. The number of halogens is 2. The molecule has 6 heteroatoms. The molecule has 0 fully saturated rings. The number of ether oxygens (including phenoxy) is 1. The highest BCUT2D eigenvalue weighted by Crippen LogP contribution is 2.34. The molecule has 0 amide bonds. The number of aryl methyl sites for hydroxylation is 1. The topological polar surface area (TPSA) is 61.0 Å². The zero-order chi connectivity index (χ0) is 19.4. The number of rotatable bonds is 6. The molecular formula is C21H21ClFN3O. The molecule has 3 rings (SSSR count). The molecule has 1 aromatic heterocycles. The summed E-state index contributed by atoms with van der Waals surface area (Å²) in [5.41, 5.74) is 8.43. The van der Waals surface area contributed by atoms with E-state index in [4.69, 9.17) is 22.1 Å². The fourth-order valence-corrected chi connectivity index (χ4v) is 3.34. The van der Waals surface area contributed by atoms with Gasteiger partial charge < -0.3 is 10.5 Å². The normalized spacial score (nSPS) is 12.0. The van der Waals surface area contributed by atoms with Crippen molar-refractivity contribution in [2.24, 2.45) is 0 Å². The van der Waals surface area contributed by atoms with Gasteiger partial charge in [0.25, 0.3) is 0 Å². The van der Waals surface area contributed by atoms with Gasteiger partial charge >= 0.3 is 0 Å². The number of benzene rings is 2. The smallest absolute Gasteiger partial charge is 0.220 e. The Kier molecular flexibility index (Phi) is 5.91. The summed E-state index contributed by atoms with van der Waals surface area (Å²) in [5, 5.41) is 0.574. The summed E-state index contributed by atoms with van der Waals surface area (Å²) in [6.07, 6.45) is 1.51. The van der Waals surface area contributed by atoms with Crippen molar-refractivity contribution in [1.29, 1.82) is 0 Å². The third kappa shape index (κ3) is 4.37. The molecule has 0 saturated heterocycles. The molecule has 4 nitrogen and oxygen atoms in total. The predicted molar refractivity (Wildman–Crippen MR) is 106 cm³/mol. The fourth-order valence-electron chi connectivity index (χ4n) is 2.99. The Morgan fingerprint density at radius 3 is 2.15 bits per heavy atom. The third-order valence-electron chi connectivity index (χ3n) is 4.37. The summed E-state index contributed by atoms with van der Waals surface area (Å²) in [6.45, 7) is 4.06. The summed E-state index contributed by atoms with van der Waals surface area (Å²) < 4.78 is 18.7. The van der Waals surface area contributed by atoms with E-state index in [1.807, 2.05) is 31.2 Å². The Balaban J connectivity index is 1.86. The maximum Gasteiger partial charge on any atom is 0.220 e. The van der Waals surface area contributed by atoms with Gasteiger partial charge in [-0.15, -0.1) is 0 Å². The van der Waals surface area contributed by atoms with Gasteiger partial charge in [0.1, 0.15) is 17.3 Å². The Hall–Kier alpha value is -2.66. The first kappa shape index (κ1) is 19.1. The Bertz CT molecular complexity index is 914. The van der Waals surface area contributed by atoms with Crippen LogP contribution < -0.4 is 10.5 Å². The van der Waals surface area contributed by atoms with Crippen LogP contribution in [0.2, 0.25) is 5.02 Å². The molecule has 2 aromatic carbocycles. The zero-order valence-corrected chi connectivity index (χ0v) is 16.0. The highest BCUT2D eigenvalue weighted by atomic mass is 35.5. The van der Waals surface area contributed by atoms with Gasteiger partial charge in [-0.25, -0.2) is 14.4 Å². The van der Waals surface area contributed by atoms with E-state index in [1.54, 1.807) is 12.1 Å². The van der Waals surface area contributed by atoms with Crippen LogP contribution in [0.3, 0.4) is 0 Å². The molecule has 0 radical (unpaired) electrons. The molecule has 27 heavy (non-hydrogen) atoms. The van der Waals surface area contributed by atoms with Crippen LogP contribution in [-0.2, 0) is 6.42 Å². The maximum absolute atomic E-state index is 13.0. The van der Waals surface area contributed by atoms with Crippen LogP contribution in [-0.4, -0.2) is 9.97 Å². The number of nitrogen functional groups attached to an aromatic ring is 1. The Labute approximate surface area is 163 Å². The van der Waals surface area contributed by atoms with Gasteiger partial charge in [-0.3, -0.25) is 0 Å². The predicted octanol–water partition coefficient (Wildman–Crippen LogP) is 5.75. The van der Waals surface area contributed by atoms with Gasteiger partial charge in [-0.2, -0.15) is 0 Å². The standard InChI is InChI=1S/C21H21ClFN3O/c1-3-17(20-19(22)18(4-2)25-21(24)26-20)13-5-9-15(10-6-13)27-16-11-7-14(23)8-12-16/h5-12,17H,3-4H2,1-2H3,(H2,24,25,26). The van der Waals surface area contributed by atoms with Crippen LogP contribution >= 0.6 is 11.6 Å². The van der Waals surface area contributed by atoms with Gasteiger partial charge in [-0.1, -0.05) is 37.6 Å². The van der Waals surface area contributed by atoms with Crippen LogP contribution in [0.5, 0.6) is 11.5 Å². The van der Waals surface area contributed by atoms with Crippen LogP contribution in [0.4, 0.5) is 10.3 Å². The second-order valence-electron chi connectivity index (χ2n) is 6.17. The molecule has 3 aromatic rings. The van der Waals surface area contributed by atoms with Crippen LogP contribution in [0.25, 0.3) is 0 Å². The molecule has 0 spiro atoms. The van der Waals surface area contributed by atoms with E-state index in [1.165, 1.54) is 12.1 Å². The zero-order valence-electron chi connectivity index (χ0n) is 15.2. The average Bonchev–Trinajstić information content (AvgIpc) is 2.68. The lowest BCUT2D eigenvalue weighted by molar-refractivity contribution is 0.480. The van der Waals surface area contributed by atoms with Crippen LogP contribution in [0, 0.1) is 5.82 Å². The SMILES string of the molecule is CCc1nc(N)nc(C(CC)c2ccc(Oc3ccc(F)cc3)cc2)c1Cl. The summed E-state index contributed by atoms with van der Waals surface area (Å²) in [7, 11) is 0. The van der Waals surface area contributed by atoms with Crippen LogP contribution in [0.1, 0.15) is 43.1 Å². The summed E-state index contributed by atoms with van der Waals surface area (Å²) in [6, 6.07) is 13.6. The van der Waals surface area contributed by atoms with Crippen molar-refractivity contribution in [2.45, 2.75) is 32.6 Å². The molecule has 1 heterocycles. The van der Waals surface area contributed by atoms with Crippen molar-refractivity contribution >= 4 is 17.5 Å². The second-order valence-corrected chi connectivity index (χ2v) is 6.55. The quantitative estimate of drug-likeness (QED) is 0.587. The van der Waals surface area contributed by atoms with Gasteiger partial charge in [-0.05, 0) is 54.8 Å². The number of hydrogen-bond acceptors (Lipinski definition) is 4. The number of anilines is 1. The largest absolute Gasteiger partial charge is 0.457 e. The van der Waals surface area contributed by atoms with Crippen molar-refractivity contribution in [1.82, 2.24) is 9.97 Å². The fraction of sp³-hybridized carbons (Fsp3) is 0.238. The molecule has 0 aliphatic carbocycles. The molecule has 0 bridgehead atoms. The maximum atomic E-state index is 13.0. The minimum absolute atomic E-state index is 0.00738. The van der Waals surface area contributed by atoms with Crippen molar-refractivity contribution in [2.75, 3.05) is 5.73 Å². The number of nitrogens with two attached hydrogens (primary N) is 1. The molecule has 0 aliphatic heterocycles. The Morgan fingerprint density at radius 1 is 1.00 bits per heavy atom. The summed E-state index contributed by atoms with van der Waals surface area (Å²) >= 11 is 6.52. The third-order valence-corrected chi connectivity index (χ3v) is 4.78. The van der Waals surface area contributed by atoms with Crippen molar-refractivity contribution in [3.8, 4) is 11.5 Å². The lowest BCUT2D eigenvalue weighted by Crippen LogP contribution is -2.09. The molecule has 140 valence electrons. The van der Waals surface area contributed by atoms with E-state index in [0.29, 0.717) is 22.9 Å². The van der Waals surface area contributed by atoms with E-state index in [2.05, 4.69) is 16.9 Å². The molecular weight excluding hydrogens is 365 g/mol. The molecule has 0 aliphatic rings. The lowest BCUT2D eigenvalue weighted by Gasteiger charge is -2.18. The number of nitrogens with zero attached hydrogens (tertiary/aromatic N) is 2. The van der Waals surface area contributed by atoms with Crippen molar-refractivity contribution in [3.05, 3.63) is 76.3 Å². The van der Waals surface area contributed by atoms with Crippen molar-refractivity contribution in [3.63, 3.8) is 0 Å². The van der Waals surface area contributed by atoms with Gasteiger partial charge in [0.2, 0.25) is 5.95 Å². The van der Waals surface area contributed by atoms with Gasteiger partial charge in [0, 0.05) is 5.92 Å². The first-order valence-electron chi connectivity index (χ1n) is 8.87.